The first-order valence-corrected chi connectivity index (χ1v) is 3.74. The lowest BCUT2D eigenvalue weighted by Crippen LogP contribution is -2.21. The molecule has 1 heterocycles. The maximum Gasteiger partial charge on any atom is 0.277 e. The van der Waals surface area contributed by atoms with Crippen LogP contribution in [-0.4, -0.2) is 23.1 Å². The van der Waals surface area contributed by atoms with Crippen molar-refractivity contribution < 1.29 is 0 Å². The van der Waals surface area contributed by atoms with Crippen molar-refractivity contribution in [3.63, 3.8) is 0 Å². The number of nitrogen functional groups attached to an aromatic ring is 2. The second-order valence-corrected chi connectivity index (χ2v) is 2.43. The molecule has 0 saturated heterocycles. The van der Waals surface area contributed by atoms with Crippen LogP contribution < -0.4 is 28.1 Å². The number of nitrogens with one attached hydrogen (secondary N) is 2. The Morgan fingerprint density at radius 1 is 1.46 bits per heavy atom. The molecule has 72 valence electrons. The molecule has 0 radical (unpaired) electrons. The second kappa shape index (κ2) is 3.76. The topological polar surface area (TPSA) is 136 Å². The summed E-state index contributed by atoms with van der Waals surface area (Å²) in [7, 11) is 0. The Morgan fingerprint density at radius 3 is 2.77 bits per heavy atom. The van der Waals surface area contributed by atoms with E-state index in [2.05, 4.69) is 15.3 Å². The van der Waals surface area contributed by atoms with E-state index in [0.29, 0.717) is 13.1 Å². The summed E-state index contributed by atoms with van der Waals surface area (Å²) in [6.45, 7) is 0.911. The minimum atomic E-state index is -0.452. The number of anilines is 3. The van der Waals surface area contributed by atoms with Crippen LogP contribution >= 0.6 is 0 Å². The summed E-state index contributed by atoms with van der Waals surface area (Å²) in [6.07, 6.45) is 0. The van der Waals surface area contributed by atoms with Crippen LogP contribution in [0.25, 0.3) is 0 Å². The van der Waals surface area contributed by atoms with E-state index in [0.717, 1.165) is 0 Å². The van der Waals surface area contributed by atoms with E-state index < -0.39 is 5.56 Å². The predicted octanol–water partition coefficient (Wildman–Crippen LogP) is -1.70. The minimum absolute atomic E-state index is 0.0163. The number of aromatic nitrogens is 2. The van der Waals surface area contributed by atoms with Gasteiger partial charge in [-0.15, -0.1) is 0 Å². The monoisotopic (exact) mass is 184 g/mol. The van der Waals surface area contributed by atoms with Crippen molar-refractivity contribution in [2.24, 2.45) is 5.73 Å². The van der Waals surface area contributed by atoms with Crippen molar-refractivity contribution >= 4 is 17.5 Å². The van der Waals surface area contributed by atoms with E-state index in [4.69, 9.17) is 17.2 Å². The molecule has 7 heteroatoms. The highest BCUT2D eigenvalue weighted by Gasteiger charge is 2.04. The summed E-state index contributed by atoms with van der Waals surface area (Å²) < 4.78 is 0. The van der Waals surface area contributed by atoms with Crippen LogP contribution in [0.4, 0.5) is 17.5 Å². The number of nitrogens with two attached hydrogens (primary N) is 3. The molecule has 0 aliphatic carbocycles. The van der Waals surface area contributed by atoms with Crippen LogP contribution in [0.1, 0.15) is 0 Å². The van der Waals surface area contributed by atoms with E-state index in [-0.39, 0.29) is 17.5 Å². The number of hydrogen-bond acceptors (Lipinski definition) is 6. The molecule has 0 atom stereocenters. The maximum atomic E-state index is 11.1. The Morgan fingerprint density at radius 2 is 2.15 bits per heavy atom. The zero-order valence-electron chi connectivity index (χ0n) is 7.00. The van der Waals surface area contributed by atoms with Gasteiger partial charge < -0.3 is 22.5 Å². The standard InChI is InChI=1S/C6H12N6O/c7-1-2-10-4-3(8)5(13)12-6(9)11-4/h1-2,7-8H2,(H4,9,10,11,12,13). The molecular formula is C6H12N6O. The van der Waals surface area contributed by atoms with Crippen LogP contribution in [-0.2, 0) is 0 Å². The first kappa shape index (κ1) is 9.33. The maximum absolute atomic E-state index is 11.1. The molecule has 0 amide bonds. The van der Waals surface area contributed by atoms with Gasteiger partial charge in [-0.25, -0.2) is 0 Å². The molecule has 0 bridgehead atoms. The van der Waals surface area contributed by atoms with E-state index in [1.807, 2.05) is 0 Å². The molecule has 0 aliphatic heterocycles. The summed E-state index contributed by atoms with van der Waals surface area (Å²) in [5.41, 5.74) is 15.6. The fourth-order valence-electron chi connectivity index (χ4n) is 0.825. The average molecular weight is 184 g/mol. The summed E-state index contributed by atoms with van der Waals surface area (Å²) >= 11 is 0. The first-order valence-electron chi connectivity index (χ1n) is 3.74. The van der Waals surface area contributed by atoms with E-state index in [9.17, 15) is 4.79 Å². The van der Waals surface area contributed by atoms with Gasteiger partial charge in [0, 0.05) is 13.1 Å². The fourth-order valence-corrected chi connectivity index (χ4v) is 0.825. The second-order valence-electron chi connectivity index (χ2n) is 2.43. The average Bonchev–Trinajstić information content (AvgIpc) is 2.09. The van der Waals surface area contributed by atoms with E-state index in [1.165, 1.54) is 0 Å². The third kappa shape index (κ3) is 2.09. The molecule has 7 nitrogen and oxygen atoms in total. The number of hydrogen-bond donors (Lipinski definition) is 5. The van der Waals surface area contributed by atoms with Gasteiger partial charge in [-0.3, -0.25) is 9.78 Å². The highest BCUT2D eigenvalue weighted by Crippen LogP contribution is 2.08. The molecule has 0 aliphatic rings. The SMILES string of the molecule is NCCNc1nc(N)[nH]c(=O)c1N. The Balaban J connectivity index is 2.99. The quantitative estimate of drug-likeness (QED) is 0.380. The van der Waals surface area contributed by atoms with Gasteiger partial charge >= 0.3 is 0 Å². The molecule has 13 heavy (non-hydrogen) atoms. The predicted molar refractivity (Wildman–Crippen MR) is 51.2 cm³/mol. The Kier molecular flexibility index (Phi) is 2.70. The van der Waals surface area contributed by atoms with E-state index in [1.54, 1.807) is 0 Å². The molecule has 0 saturated carbocycles. The van der Waals surface area contributed by atoms with Crippen molar-refractivity contribution in [1.82, 2.24) is 9.97 Å². The largest absolute Gasteiger partial charge is 0.391 e. The highest BCUT2D eigenvalue weighted by molar-refractivity contribution is 5.60. The molecular weight excluding hydrogens is 172 g/mol. The molecule has 1 aromatic rings. The van der Waals surface area contributed by atoms with Gasteiger partial charge in [0.15, 0.2) is 5.82 Å². The van der Waals surface area contributed by atoms with Crippen LogP contribution in [0.3, 0.4) is 0 Å². The van der Waals surface area contributed by atoms with Crippen LogP contribution in [0.2, 0.25) is 0 Å². The zero-order chi connectivity index (χ0) is 9.84. The van der Waals surface area contributed by atoms with Gasteiger partial charge in [-0.1, -0.05) is 0 Å². The van der Waals surface area contributed by atoms with E-state index >= 15 is 0 Å². The highest BCUT2D eigenvalue weighted by atomic mass is 16.1. The minimum Gasteiger partial charge on any atom is -0.391 e. The molecule has 0 unspecified atom stereocenters. The molecule has 1 rings (SSSR count). The van der Waals surface area contributed by atoms with Crippen molar-refractivity contribution in [2.75, 3.05) is 29.9 Å². The van der Waals surface area contributed by atoms with Gasteiger partial charge in [0.25, 0.3) is 5.56 Å². The van der Waals surface area contributed by atoms with Crippen molar-refractivity contribution in [1.29, 1.82) is 0 Å². The van der Waals surface area contributed by atoms with Crippen molar-refractivity contribution in [3.8, 4) is 0 Å². The summed E-state index contributed by atoms with van der Waals surface area (Å²) in [6, 6.07) is 0. The fraction of sp³-hybridized carbons (Fsp3) is 0.333. The number of nitrogens with zero attached hydrogens (tertiary/aromatic N) is 1. The Hall–Kier alpha value is -1.76. The normalized spacial score (nSPS) is 9.92. The lowest BCUT2D eigenvalue weighted by molar-refractivity contribution is 1.00. The van der Waals surface area contributed by atoms with Gasteiger partial charge in [0.05, 0.1) is 0 Å². The molecule has 0 spiro atoms. The third-order valence-electron chi connectivity index (χ3n) is 1.41. The van der Waals surface area contributed by atoms with Crippen molar-refractivity contribution in [3.05, 3.63) is 10.4 Å². The zero-order valence-corrected chi connectivity index (χ0v) is 7.00. The van der Waals surface area contributed by atoms with Gasteiger partial charge in [-0.05, 0) is 0 Å². The number of H-pyrrole nitrogens is 1. The lowest BCUT2D eigenvalue weighted by atomic mass is 10.4. The number of aromatic amines is 1. The smallest absolute Gasteiger partial charge is 0.277 e. The van der Waals surface area contributed by atoms with Crippen molar-refractivity contribution in [2.45, 2.75) is 0 Å². The molecule has 0 fully saturated rings. The molecule has 1 aromatic heterocycles. The number of rotatable bonds is 3. The third-order valence-corrected chi connectivity index (χ3v) is 1.41. The molecule has 0 aromatic carbocycles. The summed E-state index contributed by atoms with van der Waals surface area (Å²) in [5.74, 6) is 0.297. The van der Waals surface area contributed by atoms with Crippen LogP contribution in [0.15, 0.2) is 4.79 Å². The first-order chi connectivity index (χ1) is 6.15. The Bertz CT molecular complexity index is 345. The molecule has 8 N–H and O–H groups in total. The summed E-state index contributed by atoms with van der Waals surface area (Å²) in [5, 5.41) is 2.78. The van der Waals surface area contributed by atoms with Crippen LogP contribution in [0, 0.1) is 0 Å². The lowest BCUT2D eigenvalue weighted by Gasteiger charge is -2.06. The van der Waals surface area contributed by atoms with Gasteiger partial charge in [-0.2, -0.15) is 4.98 Å². The van der Waals surface area contributed by atoms with Gasteiger partial charge in [0.2, 0.25) is 5.95 Å². The summed E-state index contributed by atoms with van der Waals surface area (Å²) in [4.78, 5) is 17.1. The Labute approximate surface area is 74.3 Å². The van der Waals surface area contributed by atoms with Crippen LogP contribution in [0.5, 0.6) is 0 Å². The van der Waals surface area contributed by atoms with Gasteiger partial charge in [0.1, 0.15) is 5.69 Å².